The molecule has 3 aromatic rings. The highest BCUT2D eigenvalue weighted by Crippen LogP contribution is 2.31. The van der Waals surface area contributed by atoms with Crippen molar-refractivity contribution in [3.8, 4) is 6.07 Å². The number of carbonyl (C=O) groups excluding carboxylic acids is 1. The molecule has 2 aromatic carbocycles. The molecule has 1 amide bonds. The monoisotopic (exact) mass is 401 g/mol. The van der Waals surface area contributed by atoms with Crippen molar-refractivity contribution in [1.82, 2.24) is 15.3 Å². The molecule has 1 fully saturated rings. The van der Waals surface area contributed by atoms with Crippen LogP contribution in [0, 0.1) is 18.3 Å². The van der Waals surface area contributed by atoms with Crippen molar-refractivity contribution in [2.45, 2.75) is 26.3 Å². The second kappa shape index (κ2) is 7.87. The maximum atomic E-state index is 11.4. The Bertz CT molecular complexity index is 1170. The van der Waals surface area contributed by atoms with Crippen LogP contribution in [0.25, 0.3) is 10.9 Å². The first kappa shape index (κ1) is 19.5. The first-order valence-electron chi connectivity index (χ1n) is 9.80. The highest BCUT2D eigenvalue weighted by atomic mass is 16.1. The molecule has 1 aromatic heterocycles. The number of hydrogen-bond donors (Lipinski definition) is 3. The lowest BCUT2D eigenvalue weighted by molar-refractivity contribution is -0.119. The number of carbonyl (C=O) groups is 1. The zero-order valence-corrected chi connectivity index (χ0v) is 16.9. The maximum Gasteiger partial charge on any atom is 0.229 e. The van der Waals surface area contributed by atoms with Gasteiger partial charge in [-0.15, -0.1) is 0 Å². The highest BCUT2D eigenvalue weighted by Gasteiger charge is 2.26. The minimum atomic E-state index is -0.0251. The summed E-state index contributed by atoms with van der Waals surface area (Å²) in [7, 11) is 0. The second-order valence-electron chi connectivity index (χ2n) is 7.55. The molecule has 0 spiro atoms. The minimum Gasteiger partial charge on any atom is -0.399 e. The average Bonchev–Trinajstić information content (AvgIpc) is 3.14. The summed E-state index contributed by atoms with van der Waals surface area (Å²) in [6.07, 6.45) is 0.862. The average molecular weight is 401 g/mol. The number of amides is 1. The third kappa shape index (κ3) is 3.96. The number of benzene rings is 2. The first-order valence-corrected chi connectivity index (χ1v) is 9.80. The normalized spacial score (nSPS) is 15.8. The smallest absolute Gasteiger partial charge is 0.229 e. The molecule has 2 heterocycles. The molecule has 30 heavy (non-hydrogen) atoms. The van der Waals surface area contributed by atoms with Crippen LogP contribution >= 0.6 is 0 Å². The van der Waals surface area contributed by atoms with Crippen LogP contribution in [-0.4, -0.2) is 35.0 Å². The van der Waals surface area contributed by atoms with Gasteiger partial charge in [-0.1, -0.05) is 12.1 Å². The summed E-state index contributed by atoms with van der Waals surface area (Å²) in [4.78, 5) is 23.1. The Morgan fingerprint density at radius 2 is 2.13 bits per heavy atom. The van der Waals surface area contributed by atoms with Gasteiger partial charge >= 0.3 is 0 Å². The molecule has 0 aliphatic carbocycles. The molecule has 4 N–H and O–H groups in total. The molecule has 0 saturated carbocycles. The fourth-order valence-corrected chi connectivity index (χ4v) is 3.89. The van der Waals surface area contributed by atoms with E-state index in [0.29, 0.717) is 29.4 Å². The van der Waals surface area contributed by atoms with Gasteiger partial charge in [-0.05, 0) is 43.2 Å². The van der Waals surface area contributed by atoms with E-state index in [9.17, 15) is 10.1 Å². The minimum absolute atomic E-state index is 0.0251. The van der Waals surface area contributed by atoms with Gasteiger partial charge in [-0.25, -0.2) is 4.98 Å². The predicted octanol–water partition coefficient (Wildman–Crippen LogP) is 2.85. The molecule has 0 bridgehead atoms. The Hall–Kier alpha value is -3.86. The van der Waals surface area contributed by atoms with E-state index in [1.54, 1.807) is 18.2 Å². The van der Waals surface area contributed by atoms with E-state index in [2.05, 4.69) is 26.6 Å². The molecule has 1 aliphatic heterocycles. The molecule has 1 atom stereocenters. The third-order valence-corrected chi connectivity index (χ3v) is 5.15. The Labute approximate surface area is 174 Å². The zero-order valence-electron chi connectivity index (χ0n) is 16.9. The topological polar surface area (TPSA) is 120 Å². The van der Waals surface area contributed by atoms with Gasteiger partial charge in [0.1, 0.15) is 5.82 Å². The van der Waals surface area contributed by atoms with Crippen LogP contribution in [0.5, 0.6) is 0 Å². The van der Waals surface area contributed by atoms with E-state index >= 15 is 0 Å². The predicted molar refractivity (Wildman–Crippen MR) is 118 cm³/mol. The number of anilines is 4. The molecular weight excluding hydrogens is 378 g/mol. The van der Waals surface area contributed by atoms with Crippen LogP contribution < -0.4 is 21.3 Å². The van der Waals surface area contributed by atoms with Crippen molar-refractivity contribution in [3.05, 3.63) is 47.5 Å². The standard InChI is InChI=1S/C22H23N7O/c1-13-4-3-5-19-20(13)21(29-7-6-17(12-29)25-14(2)30)28-22(27-19)26-18-9-15(11-23)8-16(24)10-18/h3-5,8-10,17H,6-7,12,24H2,1-2H3,(H,25,30)(H,26,27,28)/t17-/m0/s1. The Balaban J connectivity index is 1.74. The molecule has 4 rings (SSSR count). The summed E-state index contributed by atoms with van der Waals surface area (Å²) in [5.41, 5.74) is 9.44. The second-order valence-corrected chi connectivity index (χ2v) is 7.55. The number of aryl methyl sites for hydroxylation is 1. The van der Waals surface area contributed by atoms with Crippen LogP contribution in [0.1, 0.15) is 24.5 Å². The van der Waals surface area contributed by atoms with Crippen molar-refractivity contribution in [3.63, 3.8) is 0 Å². The summed E-state index contributed by atoms with van der Waals surface area (Å²) in [6.45, 7) is 5.06. The van der Waals surface area contributed by atoms with E-state index < -0.39 is 0 Å². The van der Waals surface area contributed by atoms with E-state index in [1.807, 2.05) is 25.1 Å². The van der Waals surface area contributed by atoms with Crippen molar-refractivity contribution in [2.24, 2.45) is 0 Å². The van der Waals surface area contributed by atoms with Gasteiger partial charge in [0.05, 0.1) is 17.1 Å². The van der Waals surface area contributed by atoms with Crippen LogP contribution in [0.4, 0.5) is 23.1 Å². The zero-order chi connectivity index (χ0) is 21.3. The van der Waals surface area contributed by atoms with Crippen LogP contribution in [0.2, 0.25) is 0 Å². The Morgan fingerprint density at radius 1 is 1.30 bits per heavy atom. The fourth-order valence-electron chi connectivity index (χ4n) is 3.89. The quantitative estimate of drug-likeness (QED) is 0.575. The highest BCUT2D eigenvalue weighted by molar-refractivity contribution is 5.93. The number of nitrogen functional groups attached to an aromatic ring is 1. The molecule has 8 heteroatoms. The lowest BCUT2D eigenvalue weighted by Crippen LogP contribution is -2.35. The lowest BCUT2D eigenvalue weighted by atomic mass is 10.1. The molecule has 1 aliphatic rings. The van der Waals surface area contributed by atoms with Gasteiger partial charge in [0.2, 0.25) is 11.9 Å². The van der Waals surface area contributed by atoms with Gasteiger partial charge in [0.15, 0.2) is 0 Å². The number of nitrogens with zero attached hydrogens (tertiary/aromatic N) is 4. The van der Waals surface area contributed by atoms with Gasteiger partial charge in [0, 0.05) is 42.8 Å². The molecule has 152 valence electrons. The molecule has 0 unspecified atom stereocenters. The van der Waals surface area contributed by atoms with Crippen LogP contribution in [0.3, 0.4) is 0 Å². The van der Waals surface area contributed by atoms with Gasteiger partial charge in [0.25, 0.3) is 0 Å². The maximum absolute atomic E-state index is 11.4. The summed E-state index contributed by atoms with van der Waals surface area (Å²) < 4.78 is 0. The van der Waals surface area contributed by atoms with Crippen molar-refractivity contribution in [1.29, 1.82) is 5.26 Å². The number of nitrogens with two attached hydrogens (primary N) is 1. The number of aromatic nitrogens is 2. The summed E-state index contributed by atoms with van der Waals surface area (Å²) in [5, 5.41) is 16.4. The SMILES string of the molecule is CC(=O)N[C@H]1CCN(c2nc(Nc3cc(N)cc(C#N)c3)nc3cccc(C)c23)C1. The van der Waals surface area contributed by atoms with E-state index in [-0.39, 0.29) is 11.9 Å². The molecule has 1 saturated heterocycles. The molecule has 8 nitrogen and oxygen atoms in total. The van der Waals surface area contributed by atoms with Crippen molar-refractivity contribution < 1.29 is 4.79 Å². The lowest BCUT2D eigenvalue weighted by Gasteiger charge is -2.21. The van der Waals surface area contributed by atoms with E-state index in [4.69, 9.17) is 10.7 Å². The van der Waals surface area contributed by atoms with E-state index in [0.717, 1.165) is 35.2 Å². The molecular formula is C22H23N7O. The number of rotatable bonds is 4. The fraction of sp³-hybridized carbons (Fsp3) is 0.273. The van der Waals surface area contributed by atoms with Crippen molar-refractivity contribution >= 4 is 40.0 Å². The summed E-state index contributed by atoms with van der Waals surface area (Å²) in [5.74, 6) is 1.24. The third-order valence-electron chi connectivity index (χ3n) is 5.15. The van der Waals surface area contributed by atoms with Crippen LogP contribution in [-0.2, 0) is 4.79 Å². The van der Waals surface area contributed by atoms with Gasteiger partial charge in [-0.2, -0.15) is 10.2 Å². The summed E-state index contributed by atoms with van der Waals surface area (Å²) >= 11 is 0. The van der Waals surface area contributed by atoms with Gasteiger partial charge in [-0.3, -0.25) is 4.79 Å². The Kier molecular flexibility index (Phi) is 5.11. The number of nitriles is 1. The Morgan fingerprint density at radius 3 is 2.90 bits per heavy atom. The number of hydrogen-bond acceptors (Lipinski definition) is 7. The van der Waals surface area contributed by atoms with Crippen LogP contribution in [0.15, 0.2) is 36.4 Å². The number of nitrogens with one attached hydrogen (secondary N) is 2. The van der Waals surface area contributed by atoms with E-state index in [1.165, 1.54) is 6.92 Å². The van der Waals surface area contributed by atoms with Gasteiger partial charge < -0.3 is 21.3 Å². The number of fused-ring (bicyclic) bond motifs is 1. The largest absolute Gasteiger partial charge is 0.399 e. The molecule has 0 radical (unpaired) electrons. The summed E-state index contributed by atoms with van der Waals surface area (Å²) in [6, 6.07) is 13.2. The van der Waals surface area contributed by atoms with Crippen molar-refractivity contribution in [2.75, 3.05) is 29.0 Å². The first-order chi connectivity index (χ1) is 14.4.